The van der Waals surface area contributed by atoms with Crippen molar-refractivity contribution < 1.29 is 13.9 Å². The molecule has 0 aromatic carbocycles. The van der Waals surface area contributed by atoms with Crippen LogP contribution in [0.4, 0.5) is 8.78 Å². The van der Waals surface area contributed by atoms with Gasteiger partial charge < -0.3 is 5.11 Å². The standard InChI is InChI=1S/C8H14F2.C7H16O.C2H6/c1-2-7-3-5-8(9,10)6-4-7;1-6(2)4-5-7(3)8;1-2/h7H,2-6H2,1H3;6-8H,4-5H2,1-3H3;1-2H3. The molecule has 20 heavy (non-hydrogen) atoms. The smallest absolute Gasteiger partial charge is 0.248 e. The Hall–Kier alpha value is -0.180. The van der Waals surface area contributed by atoms with Gasteiger partial charge in [0.2, 0.25) is 5.92 Å². The van der Waals surface area contributed by atoms with Gasteiger partial charge in [-0.15, -0.1) is 0 Å². The fraction of sp³-hybridized carbons (Fsp3) is 1.00. The van der Waals surface area contributed by atoms with Crippen molar-refractivity contribution in [2.45, 2.75) is 98.5 Å². The molecule has 0 aliphatic heterocycles. The van der Waals surface area contributed by atoms with E-state index in [4.69, 9.17) is 5.11 Å². The molecule has 0 bridgehead atoms. The second-order valence-electron chi connectivity index (χ2n) is 6.03. The van der Waals surface area contributed by atoms with Gasteiger partial charge in [-0.2, -0.15) is 0 Å². The SMILES string of the molecule is CC.CC(C)CCC(C)O.CCC1CCC(F)(F)CC1. The molecule has 3 heteroatoms. The summed E-state index contributed by atoms with van der Waals surface area (Å²) in [6.07, 6.45) is 4.72. The number of hydrogen-bond donors (Lipinski definition) is 1. The number of rotatable bonds is 4. The van der Waals surface area contributed by atoms with Crippen molar-refractivity contribution in [3.05, 3.63) is 0 Å². The molecule has 1 aliphatic carbocycles. The first-order valence-electron chi connectivity index (χ1n) is 8.32. The van der Waals surface area contributed by atoms with Gasteiger partial charge in [-0.3, -0.25) is 0 Å². The average molecular weight is 294 g/mol. The van der Waals surface area contributed by atoms with Crippen molar-refractivity contribution in [2.24, 2.45) is 11.8 Å². The third-order valence-electron chi connectivity index (χ3n) is 3.58. The Kier molecular flexibility index (Phi) is 13.9. The minimum atomic E-state index is -2.34. The first kappa shape index (κ1) is 22.1. The van der Waals surface area contributed by atoms with E-state index < -0.39 is 5.92 Å². The van der Waals surface area contributed by atoms with Crippen LogP contribution < -0.4 is 0 Å². The van der Waals surface area contributed by atoms with Crippen LogP contribution in [0, 0.1) is 11.8 Å². The van der Waals surface area contributed by atoms with Crippen LogP contribution in [0.1, 0.15) is 86.5 Å². The van der Waals surface area contributed by atoms with Gasteiger partial charge in [0.25, 0.3) is 0 Å². The maximum Gasteiger partial charge on any atom is 0.248 e. The molecular weight excluding hydrogens is 258 g/mol. The molecule has 1 saturated carbocycles. The van der Waals surface area contributed by atoms with Gasteiger partial charge in [0.15, 0.2) is 0 Å². The number of aliphatic hydroxyl groups excluding tert-OH is 1. The quantitative estimate of drug-likeness (QED) is 0.669. The summed E-state index contributed by atoms with van der Waals surface area (Å²) in [6, 6.07) is 0. The van der Waals surface area contributed by atoms with Crippen LogP contribution in [0.3, 0.4) is 0 Å². The van der Waals surface area contributed by atoms with Crippen molar-refractivity contribution in [3.63, 3.8) is 0 Å². The van der Waals surface area contributed by atoms with Crippen LogP contribution in [-0.4, -0.2) is 17.1 Å². The summed E-state index contributed by atoms with van der Waals surface area (Å²) < 4.78 is 25.0. The van der Waals surface area contributed by atoms with E-state index in [0.717, 1.165) is 38.0 Å². The average Bonchev–Trinajstić information content (AvgIpc) is 2.39. The Morgan fingerprint density at radius 2 is 1.50 bits per heavy atom. The topological polar surface area (TPSA) is 20.2 Å². The van der Waals surface area contributed by atoms with E-state index in [1.165, 1.54) is 0 Å². The fourth-order valence-electron chi connectivity index (χ4n) is 2.08. The number of halogens is 2. The highest BCUT2D eigenvalue weighted by Crippen LogP contribution is 2.37. The van der Waals surface area contributed by atoms with E-state index in [-0.39, 0.29) is 18.9 Å². The van der Waals surface area contributed by atoms with Crippen LogP contribution >= 0.6 is 0 Å². The predicted octanol–water partition coefficient (Wildman–Crippen LogP) is 6.05. The first-order valence-corrected chi connectivity index (χ1v) is 8.32. The first-order chi connectivity index (χ1) is 9.26. The van der Waals surface area contributed by atoms with E-state index in [2.05, 4.69) is 20.8 Å². The Morgan fingerprint density at radius 1 is 1.05 bits per heavy atom. The normalized spacial score (nSPS) is 19.5. The molecule has 1 fully saturated rings. The lowest BCUT2D eigenvalue weighted by Gasteiger charge is -2.27. The van der Waals surface area contributed by atoms with Crippen molar-refractivity contribution >= 4 is 0 Å². The third-order valence-corrected chi connectivity index (χ3v) is 3.58. The molecular formula is C17H36F2O. The van der Waals surface area contributed by atoms with Gasteiger partial charge in [0, 0.05) is 12.8 Å². The van der Waals surface area contributed by atoms with E-state index in [0.29, 0.717) is 5.92 Å². The molecule has 124 valence electrons. The monoisotopic (exact) mass is 294 g/mol. The highest BCUT2D eigenvalue weighted by molar-refractivity contribution is 4.76. The molecule has 1 unspecified atom stereocenters. The highest BCUT2D eigenvalue weighted by Gasteiger charge is 2.33. The third kappa shape index (κ3) is 14.2. The lowest BCUT2D eigenvalue weighted by molar-refractivity contribution is -0.0460. The van der Waals surface area contributed by atoms with E-state index in [1.807, 2.05) is 20.8 Å². The Bertz CT molecular complexity index is 185. The Labute approximate surface area is 125 Å². The molecule has 1 aliphatic rings. The number of aliphatic hydroxyl groups is 1. The summed E-state index contributed by atoms with van der Waals surface area (Å²) >= 11 is 0. The van der Waals surface area contributed by atoms with E-state index >= 15 is 0 Å². The maximum absolute atomic E-state index is 12.5. The largest absolute Gasteiger partial charge is 0.393 e. The number of hydrogen-bond acceptors (Lipinski definition) is 1. The molecule has 0 heterocycles. The van der Waals surface area contributed by atoms with Gasteiger partial charge in [0.1, 0.15) is 0 Å². The van der Waals surface area contributed by atoms with Crippen LogP contribution in [-0.2, 0) is 0 Å². The second-order valence-corrected chi connectivity index (χ2v) is 6.03. The molecule has 0 radical (unpaired) electrons. The molecule has 1 atom stereocenters. The predicted molar refractivity (Wildman–Crippen MR) is 84.3 cm³/mol. The molecule has 1 rings (SSSR count). The van der Waals surface area contributed by atoms with Gasteiger partial charge >= 0.3 is 0 Å². The van der Waals surface area contributed by atoms with Crippen LogP contribution in [0.25, 0.3) is 0 Å². The highest BCUT2D eigenvalue weighted by atomic mass is 19.3. The van der Waals surface area contributed by atoms with Crippen LogP contribution in [0.2, 0.25) is 0 Å². The minimum absolute atomic E-state index is 0.114. The van der Waals surface area contributed by atoms with E-state index in [1.54, 1.807) is 0 Å². The van der Waals surface area contributed by atoms with Gasteiger partial charge in [-0.25, -0.2) is 8.78 Å². The molecule has 0 saturated heterocycles. The zero-order chi connectivity index (χ0) is 16.2. The van der Waals surface area contributed by atoms with Crippen molar-refractivity contribution in [1.82, 2.24) is 0 Å². The zero-order valence-corrected chi connectivity index (χ0v) is 14.4. The Morgan fingerprint density at radius 3 is 1.75 bits per heavy atom. The molecule has 1 N–H and O–H groups in total. The summed E-state index contributed by atoms with van der Waals surface area (Å²) in [4.78, 5) is 0. The molecule has 0 aromatic heterocycles. The van der Waals surface area contributed by atoms with Crippen molar-refractivity contribution in [1.29, 1.82) is 0 Å². The number of alkyl halides is 2. The zero-order valence-electron chi connectivity index (χ0n) is 14.4. The summed E-state index contributed by atoms with van der Waals surface area (Å²) in [7, 11) is 0. The molecule has 1 nitrogen and oxygen atoms in total. The molecule has 0 spiro atoms. The lowest BCUT2D eigenvalue weighted by atomic mass is 9.85. The summed E-state index contributed by atoms with van der Waals surface area (Å²) in [5, 5.41) is 8.80. The van der Waals surface area contributed by atoms with E-state index in [9.17, 15) is 8.78 Å². The fourth-order valence-corrected chi connectivity index (χ4v) is 2.08. The van der Waals surface area contributed by atoms with Gasteiger partial charge in [0.05, 0.1) is 6.10 Å². The maximum atomic E-state index is 12.5. The van der Waals surface area contributed by atoms with Crippen molar-refractivity contribution in [3.8, 4) is 0 Å². The summed E-state index contributed by atoms with van der Waals surface area (Å²) in [5.74, 6) is -1.05. The van der Waals surface area contributed by atoms with Crippen LogP contribution in [0.15, 0.2) is 0 Å². The van der Waals surface area contributed by atoms with Crippen LogP contribution in [0.5, 0.6) is 0 Å². The lowest BCUT2D eigenvalue weighted by Crippen LogP contribution is -2.24. The Balaban J connectivity index is 0. The second kappa shape index (κ2) is 12.6. The summed E-state index contributed by atoms with van der Waals surface area (Å²) in [6.45, 7) is 12.3. The molecule has 0 aromatic rings. The minimum Gasteiger partial charge on any atom is -0.393 e. The van der Waals surface area contributed by atoms with Crippen molar-refractivity contribution in [2.75, 3.05) is 0 Å². The summed E-state index contributed by atoms with van der Waals surface area (Å²) in [5.41, 5.74) is 0. The molecule has 0 amide bonds. The van der Waals surface area contributed by atoms with Gasteiger partial charge in [-0.1, -0.05) is 41.0 Å². The van der Waals surface area contributed by atoms with Gasteiger partial charge in [-0.05, 0) is 44.4 Å².